The quantitative estimate of drug-likeness (QED) is 0.545. The van der Waals surface area contributed by atoms with Crippen LogP contribution < -0.4 is 5.11 Å². The van der Waals surface area contributed by atoms with Crippen LogP contribution in [0.25, 0.3) is 11.5 Å². The number of H-pyrrole nitrogens is 2. The number of nitrogens with one attached hydrogen (secondary N) is 2. The lowest BCUT2D eigenvalue weighted by Gasteiger charge is -2.01. The number of aromatic nitrogens is 5. The Morgan fingerprint density at radius 2 is 2.04 bits per heavy atom. The van der Waals surface area contributed by atoms with Crippen LogP contribution in [-0.2, 0) is 0 Å². The van der Waals surface area contributed by atoms with Crippen LogP contribution in [0, 0.1) is 11.7 Å². The average molecular weight is 327 g/mol. The van der Waals surface area contributed by atoms with Crippen LogP contribution >= 0.6 is 12.2 Å². The third-order valence-electron chi connectivity index (χ3n) is 3.05. The highest BCUT2D eigenvalue weighted by atomic mass is 32.1. The summed E-state index contributed by atoms with van der Waals surface area (Å²) in [6, 6.07) is 7.96. The molecule has 2 heterocycles. The van der Waals surface area contributed by atoms with Crippen LogP contribution in [0.5, 0.6) is 0 Å². The van der Waals surface area contributed by atoms with Crippen LogP contribution in [0.4, 0.5) is 0 Å². The molecule has 1 aromatic carbocycles. The molecule has 3 aromatic rings. The zero-order valence-corrected chi connectivity index (χ0v) is 12.8. The Kier molecular flexibility index (Phi) is 3.85. The normalized spacial score (nSPS) is 11.2. The maximum atomic E-state index is 10.7. The van der Waals surface area contributed by atoms with Crippen molar-refractivity contribution in [2.45, 2.75) is 6.92 Å². The molecule has 0 unspecified atom stereocenters. The summed E-state index contributed by atoms with van der Waals surface area (Å²) in [6.45, 7) is 1.88. The number of aromatic carboxylic acids is 1. The minimum atomic E-state index is -1.22. The summed E-state index contributed by atoms with van der Waals surface area (Å²) in [5.41, 5.74) is 2.32. The molecule has 0 fully saturated rings. The van der Waals surface area contributed by atoms with Crippen molar-refractivity contribution < 1.29 is 9.90 Å². The molecule has 0 saturated heterocycles. The Labute approximate surface area is 135 Å². The first-order valence-corrected chi connectivity index (χ1v) is 7.01. The fourth-order valence-corrected chi connectivity index (χ4v) is 2.11. The molecule has 0 aliphatic rings. The van der Waals surface area contributed by atoms with E-state index in [-0.39, 0.29) is 5.56 Å². The van der Waals surface area contributed by atoms with Crippen molar-refractivity contribution in [2.75, 3.05) is 0 Å². The van der Waals surface area contributed by atoms with Gasteiger partial charge >= 0.3 is 0 Å². The van der Waals surface area contributed by atoms with Gasteiger partial charge in [0.15, 0.2) is 0 Å². The second kappa shape index (κ2) is 5.97. The summed E-state index contributed by atoms with van der Waals surface area (Å²) < 4.78 is 1.76. The molecular weight excluding hydrogens is 316 g/mol. The second-order valence-electron chi connectivity index (χ2n) is 4.75. The number of hydrogen-bond acceptors (Lipinski definition) is 6. The largest absolute Gasteiger partial charge is 0.545 e. The van der Waals surface area contributed by atoms with Crippen LogP contribution in [0.3, 0.4) is 0 Å². The van der Waals surface area contributed by atoms with Gasteiger partial charge in [-0.1, -0.05) is 24.3 Å². The maximum Gasteiger partial charge on any atom is 0.216 e. The highest BCUT2D eigenvalue weighted by Crippen LogP contribution is 2.15. The van der Waals surface area contributed by atoms with E-state index in [1.807, 2.05) is 13.0 Å². The van der Waals surface area contributed by atoms with Gasteiger partial charge in [-0.15, -0.1) is 0 Å². The zero-order valence-electron chi connectivity index (χ0n) is 12.0. The summed E-state index contributed by atoms with van der Waals surface area (Å²) in [4.78, 5) is 10.7. The number of aryl methyl sites for hydroxylation is 1. The van der Waals surface area contributed by atoms with Gasteiger partial charge in [0.2, 0.25) is 10.6 Å². The molecule has 9 heteroatoms. The van der Waals surface area contributed by atoms with Crippen molar-refractivity contribution in [3.05, 3.63) is 51.9 Å². The second-order valence-corrected chi connectivity index (χ2v) is 5.14. The van der Waals surface area contributed by atoms with Gasteiger partial charge in [0.1, 0.15) is 5.69 Å². The molecule has 2 aromatic heterocycles. The highest BCUT2D eigenvalue weighted by molar-refractivity contribution is 7.71. The third-order valence-corrected chi connectivity index (χ3v) is 3.32. The molecule has 116 valence electrons. The summed E-state index contributed by atoms with van der Waals surface area (Å²) in [5, 5.41) is 28.7. The van der Waals surface area contributed by atoms with Gasteiger partial charge in [-0.2, -0.15) is 20.0 Å². The van der Waals surface area contributed by atoms with Crippen LogP contribution in [-0.4, -0.2) is 37.3 Å². The van der Waals surface area contributed by atoms with Gasteiger partial charge in [-0.3, -0.25) is 5.10 Å². The molecule has 0 atom stereocenters. The van der Waals surface area contributed by atoms with E-state index in [2.05, 4.69) is 25.5 Å². The van der Waals surface area contributed by atoms with Gasteiger partial charge in [-0.05, 0) is 36.3 Å². The number of benzene rings is 1. The van der Waals surface area contributed by atoms with E-state index in [9.17, 15) is 9.90 Å². The molecule has 23 heavy (non-hydrogen) atoms. The lowest BCUT2D eigenvalue weighted by Crippen LogP contribution is -2.21. The number of rotatable bonds is 4. The minimum Gasteiger partial charge on any atom is -0.545 e. The fraction of sp³-hybridized carbons (Fsp3) is 0.0714. The van der Waals surface area contributed by atoms with Crippen molar-refractivity contribution in [3.63, 3.8) is 0 Å². The monoisotopic (exact) mass is 327 g/mol. The first-order chi connectivity index (χ1) is 11.0. The van der Waals surface area contributed by atoms with E-state index in [1.54, 1.807) is 18.3 Å². The average Bonchev–Trinajstić information content (AvgIpc) is 3.11. The van der Waals surface area contributed by atoms with Crippen molar-refractivity contribution in [3.8, 4) is 11.5 Å². The van der Waals surface area contributed by atoms with Crippen LogP contribution in [0.2, 0.25) is 0 Å². The van der Waals surface area contributed by atoms with E-state index < -0.39 is 5.97 Å². The van der Waals surface area contributed by atoms with E-state index in [0.717, 1.165) is 5.69 Å². The number of carboxylic acid groups (broad SMARTS) is 1. The number of carbonyl (C=O) groups excluding carboxylic acids is 1. The molecule has 2 N–H and O–H groups in total. The molecule has 0 radical (unpaired) electrons. The third kappa shape index (κ3) is 3.09. The zero-order chi connectivity index (χ0) is 16.4. The Hall–Kier alpha value is -3.07. The minimum absolute atomic E-state index is 0.106. The molecule has 0 saturated carbocycles. The van der Waals surface area contributed by atoms with Gasteiger partial charge in [0.25, 0.3) is 0 Å². The fourth-order valence-electron chi connectivity index (χ4n) is 1.93. The van der Waals surface area contributed by atoms with Crippen molar-refractivity contribution in [1.29, 1.82) is 0 Å². The highest BCUT2D eigenvalue weighted by Gasteiger charge is 2.10. The van der Waals surface area contributed by atoms with Gasteiger partial charge in [-0.25, -0.2) is 5.10 Å². The predicted octanol–water partition coefficient (Wildman–Crippen LogP) is 0.885. The maximum absolute atomic E-state index is 10.7. The molecule has 8 nitrogen and oxygen atoms in total. The standard InChI is InChI=1S/C14H12N6O2S/c1-8-6-11(17-16-8)12-18-19-14(23)20(12)15-7-9-2-4-10(5-3-9)13(21)22/h2-7H,1H3,(H,16,17)(H,19,23)(H,21,22)/p-1/b15-7-. The smallest absolute Gasteiger partial charge is 0.216 e. The van der Waals surface area contributed by atoms with E-state index >= 15 is 0 Å². The number of carbonyl (C=O) groups is 1. The molecule has 0 aliphatic heterocycles. The van der Waals surface area contributed by atoms with E-state index in [1.165, 1.54) is 16.8 Å². The SMILES string of the molecule is Cc1cc(-c2n[nH]c(=S)n2/N=C\c2ccc(C(=O)[O-])cc2)n[nH]1. The lowest BCUT2D eigenvalue weighted by molar-refractivity contribution is -0.255. The van der Waals surface area contributed by atoms with Gasteiger partial charge in [0.05, 0.1) is 12.2 Å². The molecule has 0 spiro atoms. The predicted molar refractivity (Wildman–Crippen MR) is 83.5 cm³/mol. The summed E-state index contributed by atoms with van der Waals surface area (Å²) in [5.74, 6) is -0.747. The Morgan fingerprint density at radius 1 is 1.30 bits per heavy atom. The van der Waals surface area contributed by atoms with Gasteiger partial charge < -0.3 is 9.90 Å². The molecule has 3 rings (SSSR count). The van der Waals surface area contributed by atoms with Gasteiger partial charge in [0, 0.05) is 5.69 Å². The number of carboxylic acids is 1. The summed E-state index contributed by atoms with van der Waals surface area (Å²) in [6.07, 6.45) is 1.55. The first kappa shape index (κ1) is 14.9. The van der Waals surface area contributed by atoms with E-state index in [4.69, 9.17) is 12.2 Å². The Bertz CT molecular complexity index is 935. The topological polar surface area (TPSA) is 115 Å². The number of nitrogens with zero attached hydrogens (tertiary/aromatic N) is 4. The first-order valence-electron chi connectivity index (χ1n) is 6.60. The Balaban J connectivity index is 1.92. The Morgan fingerprint density at radius 3 is 2.65 bits per heavy atom. The van der Waals surface area contributed by atoms with Crippen LogP contribution in [0.15, 0.2) is 35.4 Å². The van der Waals surface area contributed by atoms with Crippen LogP contribution in [0.1, 0.15) is 21.6 Å². The molecule has 0 aliphatic carbocycles. The van der Waals surface area contributed by atoms with Crippen molar-refractivity contribution in [1.82, 2.24) is 25.1 Å². The van der Waals surface area contributed by atoms with Crippen molar-refractivity contribution in [2.24, 2.45) is 5.10 Å². The van der Waals surface area contributed by atoms with Crippen molar-refractivity contribution >= 4 is 24.4 Å². The number of aromatic amines is 2. The summed E-state index contributed by atoms with van der Waals surface area (Å²) in [7, 11) is 0. The molecule has 0 bridgehead atoms. The molecule has 0 amide bonds. The summed E-state index contributed by atoms with van der Waals surface area (Å²) >= 11 is 5.16. The molecular formula is C14H11N6O2S-. The van der Waals surface area contributed by atoms with E-state index in [0.29, 0.717) is 21.9 Å². The lowest BCUT2D eigenvalue weighted by atomic mass is 10.1. The number of hydrogen-bond donors (Lipinski definition) is 2.